The molecule has 0 radical (unpaired) electrons. The first-order chi connectivity index (χ1) is 9.06. The number of hydrogen-bond acceptors (Lipinski definition) is 4. The summed E-state index contributed by atoms with van der Waals surface area (Å²) in [5.41, 5.74) is 0.748. The molecular weight excluding hydrogens is 260 g/mol. The molecular formula is C14H22N2O2S. The molecule has 106 valence electrons. The van der Waals surface area contributed by atoms with Crippen LogP contribution in [0.25, 0.3) is 0 Å². The minimum absolute atomic E-state index is 0.0399. The van der Waals surface area contributed by atoms with Crippen LogP contribution in [0.2, 0.25) is 0 Å². The molecule has 0 aromatic carbocycles. The second-order valence-electron chi connectivity index (χ2n) is 5.38. The lowest BCUT2D eigenvalue weighted by Gasteiger charge is -2.30. The van der Waals surface area contributed by atoms with E-state index in [2.05, 4.69) is 16.9 Å². The molecule has 1 aromatic rings. The number of aryl methyl sites for hydroxylation is 1. The van der Waals surface area contributed by atoms with Crippen molar-refractivity contribution in [2.45, 2.75) is 58.0 Å². The Bertz CT molecular complexity index is 439. The third-order valence-corrected chi connectivity index (χ3v) is 4.79. The van der Waals surface area contributed by atoms with E-state index in [1.807, 2.05) is 6.92 Å². The van der Waals surface area contributed by atoms with Gasteiger partial charge in [-0.2, -0.15) is 0 Å². The molecule has 1 fully saturated rings. The molecule has 1 aliphatic rings. The van der Waals surface area contributed by atoms with Gasteiger partial charge in [-0.15, -0.1) is 11.3 Å². The van der Waals surface area contributed by atoms with Gasteiger partial charge in [-0.25, -0.2) is 4.98 Å². The maximum Gasteiger partial charge on any atom is 0.309 e. The van der Waals surface area contributed by atoms with E-state index in [1.165, 1.54) is 32.1 Å². The number of carboxylic acids is 1. The summed E-state index contributed by atoms with van der Waals surface area (Å²) in [6, 6.07) is 0.647. The molecule has 1 aliphatic carbocycles. The lowest BCUT2D eigenvalue weighted by Crippen LogP contribution is -2.32. The molecule has 0 amide bonds. The molecule has 5 heteroatoms. The molecule has 0 saturated heterocycles. The van der Waals surface area contributed by atoms with Crippen LogP contribution in [0.4, 0.5) is 0 Å². The quantitative estimate of drug-likeness (QED) is 0.902. The summed E-state index contributed by atoms with van der Waals surface area (Å²) >= 11 is 1.63. The summed E-state index contributed by atoms with van der Waals surface area (Å²) < 4.78 is 0. The molecule has 0 unspecified atom stereocenters. The highest BCUT2D eigenvalue weighted by Crippen LogP contribution is 2.26. The van der Waals surface area contributed by atoms with Crippen LogP contribution in [0.1, 0.15) is 47.7 Å². The maximum atomic E-state index is 10.9. The van der Waals surface area contributed by atoms with Gasteiger partial charge in [0.05, 0.1) is 17.1 Å². The van der Waals surface area contributed by atoms with Gasteiger partial charge in [0.15, 0.2) is 0 Å². The van der Waals surface area contributed by atoms with Crippen molar-refractivity contribution in [3.63, 3.8) is 0 Å². The van der Waals surface area contributed by atoms with E-state index in [0.29, 0.717) is 6.04 Å². The van der Waals surface area contributed by atoms with E-state index in [-0.39, 0.29) is 6.42 Å². The van der Waals surface area contributed by atoms with E-state index < -0.39 is 5.97 Å². The number of carboxylic acid groups (broad SMARTS) is 1. The number of aromatic nitrogens is 1. The fourth-order valence-electron chi connectivity index (χ4n) is 2.79. The zero-order valence-corrected chi connectivity index (χ0v) is 12.5. The van der Waals surface area contributed by atoms with Crippen LogP contribution in [-0.4, -0.2) is 34.0 Å². The molecule has 0 bridgehead atoms. The van der Waals surface area contributed by atoms with E-state index >= 15 is 0 Å². The summed E-state index contributed by atoms with van der Waals surface area (Å²) in [6.07, 6.45) is 6.56. The smallest absolute Gasteiger partial charge is 0.309 e. The Balaban J connectivity index is 2.02. The van der Waals surface area contributed by atoms with Gasteiger partial charge >= 0.3 is 5.97 Å². The van der Waals surface area contributed by atoms with Crippen molar-refractivity contribution in [2.75, 3.05) is 7.05 Å². The molecule has 2 rings (SSSR count). The molecule has 0 spiro atoms. The average Bonchev–Trinajstić information content (AvgIpc) is 2.69. The van der Waals surface area contributed by atoms with Crippen molar-refractivity contribution in [3.05, 3.63) is 15.6 Å². The molecule has 19 heavy (non-hydrogen) atoms. The van der Waals surface area contributed by atoms with Gasteiger partial charge in [0, 0.05) is 17.5 Å². The first kappa shape index (κ1) is 14.5. The molecule has 0 atom stereocenters. The van der Waals surface area contributed by atoms with Crippen LogP contribution < -0.4 is 0 Å². The van der Waals surface area contributed by atoms with Crippen molar-refractivity contribution in [2.24, 2.45) is 0 Å². The zero-order chi connectivity index (χ0) is 13.8. The summed E-state index contributed by atoms with van der Waals surface area (Å²) in [7, 11) is 2.15. The molecule has 4 nitrogen and oxygen atoms in total. The zero-order valence-electron chi connectivity index (χ0n) is 11.7. The largest absolute Gasteiger partial charge is 0.481 e. The van der Waals surface area contributed by atoms with Crippen molar-refractivity contribution in [1.29, 1.82) is 0 Å². The normalized spacial score (nSPS) is 17.0. The first-order valence-corrected chi connectivity index (χ1v) is 7.75. The molecule has 0 aliphatic heterocycles. The van der Waals surface area contributed by atoms with Crippen LogP contribution in [0.5, 0.6) is 0 Å². The standard InChI is InChI=1S/C14H22N2O2S/c1-10-15-12(8-14(17)18)13(19-10)9-16(2)11-6-4-3-5-7-11/h11H,3-9H2,1-2H3,(H,17,18). The van der Waals surface area contributed by atoms with Gasteiger partial charge in [0.25, 0.3) is 0 Å². The maximum absolute atomic E-state index is 10.9. The fourth-order valence-corrected chi connectivity index (χ4v) is 3.81. The number of thiazole rings is 1. The predicted octanol–water partition coefficient (Wildman–Crippen LogP) is 2.84. The summed E-state index contributed by atoms with van der Waals surface area (Å²) in [4.78, 5) is 18.7. The van der Waals surface area contributed by atoms with Crippen molar-refractivity contribution in [1.82, 2.24) is 9.88 Å². The highest BCUT2D eigenvalue weighted by atomic mass is 32.1. The van der Waals surface area contributed by atoms with Crippen LogP contribution in [0.3, 0.4) is 0 Å². The molecule has 1 aromatic heterocycles. The van der Waals surface area contributed by atoms with Crippen LogP contribution >= 0.6 is 11.3 Å². The SMILES string of the molecule is Cc1nc(CC(=O)O)c(CN(C)C2CCCCC2)s1. The first-order valence-electron chi connectivity index (χ1n) is 6.93. The van der Waals surface area contributed by atoms with E-state index in [9.17, 15) is 4.79 Å². The minimum atomic E-state index is -0.799. The Morgan fingerprint density at radius 3 is 2.74 bits per heavy atom. The lowest BCUT2D eigenvalue weighted by molar-refractivity contribution is -0.136. The molecule has 1 saturated carbocycles. The van der Waals surface area contributed by atoms with Crippen LogP contribution in [0, 0.1) is 6.92 Å². The van der Waals surface area contributed by atoms with Crippen molar-refractivity contribution >= 4 is 17.3 Å². The third-order valence-electron chi connectivity index (χ3n) is 3.79. The second kappa shape index (κ2) is 6.48. The highest BCUT2D eigenvalue weighted by Gasteiger charge is 2.20. The van der Waals surface area contributed by atoms with Crippen molar-refractivity contribution in [3.8, 4) is 0 Å². The minimum Gasteiger partial charge on any atom is -0.481 e. The predicted molar refractivity (Wildman–Crippen MR) is 76.5 cm³/mol. The van der Waals surface area contributed by atoms with E-state index in [1.54, 1.807) is 11.3 Å². The Labute approximate surface area is 118 Å². The Kier molecular flexibility index (Phi) is 4.93. The van der Waals surface area contributed by atoms with E-state index in [0.717, 1.165) is 22.1 Å². The van der Waals surface area contributed by atoms with Gasteiger partial charge < -0.3 is 5.11 Å². The average molecular weight is 282 g/mol. The Morgan fingerprint density at radius 2 is 2.11 bits per heavy atom. The van der Waals surface area contributed by atoms with Gasteiger partial charge in [-0.3, -0.25) is 9.69 Å². The highest BCUT2D eigenvalue weighted by molar-refractivity contribution is 7.11. The summed E-state index contributed by atoms with van der Waals surface area (Å²) in [5.74, 6) is -0.799. The fraction of sp³-hybridized carbons (Fsp3) is 0.714. The lowest BCUT2D eigenvalue weighted by atomic mass is 9.94. The van der Waals surface area contributed by atoms with E-state index in [4.69, 9.17) is 5.11 Å². The van der Waals surface area contributed by atoms with Crippen molar-refractivity contribution < 1.29 is 9.90 Å². The number of rotatable bonds is 5. The van der Waals surface area contributed by atoms with Crippen LogP contribution in [0.15, 0.2) is 0 Å². The Morgan fingerprint density at radius 1 is 1.42 bits per heavy atom. The molecule has 1 N–H and O–H groups in total. The number of hydrogen-bond donors (Lipinski definition) is 1. The van der Waals surface area contributed by atoms with Gasteiger partial charge in [-0.05, 0) is 26.8 Å². The third kappa shape index (κ3) is 4.01. The monoisotopic (exact) mass is 282 g/mol. The van der Waals surface area contributed by atoms with Gasteiger partial charge in [0.2, 0.25) is 0 Å². The second-order valence-corrected chi connectivity index (χ2v) is 6.67. The summed E-state index contributed by atoms with van der Waals surface area (Å²) in [5, 5.41) is 9.90. The number of aliphatic carboxylic acids is 1. The number of carbonyl (C=O) groups is 1. The summed E-state index contributed by atoms with van der Waals surface area (Å²) in [6.45, 7) is 2.78. The van der Waals surface area contributed by atoms with Crippen LogP contribution in [-0.2, 0) is 17.8 Å². The number of nitrogens with zero attached hydrogens (tertiary/aromatic N) is 2. The topological polar surface area (TPSA) is 53.4 Å². The molecule has 1 heterocycles. The van der Waals surface area contributed by atoms with Gasteiger partial charge in [0.1, 0.15) is 0 Å². The van der Waals surface area contributed by atoms with Gasteiger partial charge in [-0.1, -0.05) is 19.3 Å². The Hall–Kier alpha value is -0.940.